The molecular formula is C11H20N2O. The summed E-state index contributed by atoms with van der Waals surface area (Å²) in [6.07, 6.45) is 2.42. The van der Waals surface area contributed by atoms with E-state index in [1.165, 1.54) is 12.8 Å². The molecule has 0 aromatic rings. The van der Waals surface area contributed by atoms with E-state index in [1.807, 2.05) is 0 Å². The van der Waals surface area contributed by atoms with Gasteiger partial charge in [-0.3, -0.25) is 0 Å². The summed E-state index contributed by atoms with van der Waals surface area (Å²) in [6, 6.07) is 0.724. The van der Waals surface area contributed by atoms with Crippen molar-refractivity contribution in [3.63, 3.8) is 0 Å². The summed E-state index contributed by atoms with van der Waals surface area (Å²) in [7, 11) is 0. The molecule has 0 aliphatic carbocycles. The van der Waals surface area contributed by atoms with E-state index in [0.717, 1.165) is 19.0 Å². The minimum Gasteiger partial charge on any atom is -0.478 e. The monoisotopic (exact) mass is 196 g/mol. The second kappa shape index (κ2) is 3.54. The number of nitrogens with one attached hydrogen (secondary N) is 1. The highest BCUT2D eigenvalue weighted by molar-refractivity contribution is 5.83. The molecule has 3 heteroatoms. The Balaban J connectivity index is 2.01. The number of hydrogen-bond acceptors (Lipinski definition) is 3. The number of ether oxygens (including phenoxy) is 1. The largest absolute Gasteiger partial charge is 0.478 e. The van der Waals surface area contributed by atoms with Crippen LogP contribution in [0.5, 0.6) is 0 Å². The summed E-state index contributed by atoms with van der Waals surface area (Å²) < 4.78 is 5.66. The molecule has 2 heterocycles. The molecular weight excluding hydrogens is 176 g/mol. The van der Waals surface area contributed by atoms with Crippen LogP contribution in [-0.4, -0.2) is 31.1 Å². The predicted octanol–water partition coefficient (Wildman–Crippen LogP) is 1.58. The van der Waals surface area contributed by atoms with Crippen molar-refractivity contribution in [1.82, 2.24) is 5.32 Å². The average molecular weight is 196 g/mol. The van der Waals surface area contributed by atoms with Gasteiger partial charge in [0.25, 0.3) is 0 Å². The summed E-state index contributed by atoms with van der Waals surface area (Å²) in [5.41, 5.74) is 0.223. The predicted molar refractivity (Wildman–Crippen MR) is 57.7 cm³/mol. The van der Waals surface area contributed by atoms with Crippen LogP contribution < -0.4 is 5.32 Å². The van der Waals surface area contributed by atoms with E-state index in [2.05, 4.69) is 31.1 Å². The van der Waals surface area contributed by atoms with Gasteiger partial charge in [-0.1, -0.05) is 20.8 Å². The van der Waals surface area contributed by atoms with Crippen LogP contribution in [0.1, 0.15) is 33.6 Å². The molecule has 2 aliphatic heterocycles. The van der Waals surface area contributed by atoms with Crippen molar-refractivity contribution < 1.29 is 4.74 Å². The minimum absolute atomic E-state index is 0.223. The number of rotatable bonds is 1. The van der Waals surface area contributed by atoms with Gasteiger partial charge in [-0.15, -0.1) is 0 Å². The van der Waals surface area contributed by atoms with Gasteiger partial charge < -0.3 is 10.1 Å². The van der Waals surface area contributed by atoms with E-state index in [4.69, 9.17) is 4.74 Å². The number of hydrogen-bond donors (Lipinski definition) is 1. The Hall–Kier alpha value is -0.570. The van der Waals surface area contributed by atoms with Gasteiger partial charge in [0.1, 0.15) is 6.61 Å². The molecule has 0 bridgehead atoms. The zero-order valence-electron chi connectivity index (χ0n) is 9.34. The van der Waals surface area contributed by atoms with E-state index < -0.39 is 0 Å². The molecule has 0 amide bonds. The highest BCUT2D eigenvalue weighted by Crippen LogP contribution is 2.27. The highest BCUT2D eigenvalue weighted by atomic mass is 16.5. The molecule has 1 N–H and O–H groups in total. The van der Waals surface area contributed by atoms with E-state index in [1.54, 1.807) is 0 Å². The molecule has 3 nitrogen and oxygen atoms in total. The van der Waals surface area contributed by atoms with Crippen LogP contribution in [0, 0.1) is 5.41 Å². The summed E-state index contributed by atoms with van der Waals surface area (Å²) in [5.74, 6) is 0.947. The van der Waals surface area contributed by atoms with Gasteiger partial charge >= 0.3 is 0 Å². The number of aliphatic imine (C=N–C) groups is 1. The van der Waals surface area contributed by atoms with Gasteiger partial charge in [-0.25, -0.2) is 4.99 Å². The molecule has 0 aromatic carbocycles. The first-order valence-corrected chi connectivity index (χ1v) is 5.51. The van der Waals surface area contributed by atoms with Crippen LogP contribution in [0.25, 0.3) is 0 Å². The van der Waals surface area contributed by atoms with Gasteiger partial charge in [0.05, 0.1) is 12.1 Å². The van der Waals surface area contributed by atoms with Crippen LogP contribution in [0.2, 0.25) is 0 Å². The van der Waals surface area contributed by atoms with Crippen molar-refractivity contribution >= 4 is 5.90 Å². The molecule has 14 heavy (non-hydrogen) atoms. The molecule has 0 unspecified atom stereocenters. The van der Waals surface area contributed by atoms with Crippen molar-refractivity contribution in [1.29, 1.82) is 0 Å². The van der Waals surface area contributed by atoms with Crippen LogP contribution in [0.4, 0.5) is 0 Å². The molecule has 2 aliphatic rings. The molecule has 0 saturated carbocycles. The molecule has 1 saturated heterocycles. The third-order valence-electron chi connectivity index (χ3n) is 3.03. The first-order chi connectivity index (χ1) is 6.57. The first kappa shape index (κ1) is 9.97. The standard InChI is InChI=1S/C11H20N2O/c1-11(2,3)9-7-14-10(13-9)8-5-4-6-12-8/h8-9,12H,4-7H2,1-3H3/t8-,9-/m1/s1. The highest BCUT2D eigenvalue weighted by Gasteiger charge is 2.33. The first-order valence-electron chi connectivity index (χ1n) is 5.51. The summed E-state index contributed by atoms with van der Waals surface area (Å²) >= 11 is 0. The van der Waals surface area contributed by atoms with Crippen molar-refractivity contribution in [3.8, 4) is 0 Å². The Morgan fingerprint density at radius 1 is 1.43 bits per heavy atom. The van der Waals surface area contributed by atoms with E-state index >= 15 is 0 Å². The smallest absolute Gasteiger partial charge is 0.201 e. The topological polar surface area (TPSA) is 33.6 Å². The van der Waals surface area contributed by atoms with Crippen molar-refractivity contribution in [3.05, 3.63) is 0 Å². The third-order valence-corrected chi connectivity index (χ3v) is 3.03. The normalized spacial score (nSPS) is 32.9. The van der Waals surface area contributed by atoms with Gasteiger partial charge in [-0.2, -0.15) is 0 Å². The Morgan fingerprint density at radius 2 is 2.21 bits per heavy atom. The lowest BCUT2D eigenvalue weighted by Crippen LogP contribution is -2.30. The maximum atomic E-state index is 5.66. The molecule has 80 valence electrons. The van der Waals surface area contributed by atoms with Crippen molar-refractivity contribution in [2.24, 2.45) is 10.4 Å². The van der Waals surface area contributed by atoms with Crippen LogP contribution in [-0.2, 0) is 4.74 Å². The lowest BCUT2D eigenvalue weighted by atomic mass is 9.88. The van der Waals surface area contributed by atoms with E-state index in [-0.39, 0.29) is 5.41 Å². The van der Waals surface area contributed by atoms with Crippen LogP contribution >= 0.6 is 0 Å². The maximum absolute atomic E-state index is 5.66. The molecule has 1 fully saturated rings. The fraction of sp³-hybridized carbons (Fsp3) is 0.909. The fourth-order valence-corrected chi connectivity index (χ4v) is 1.92. The van der Waals surface area contributed by atoms with Gasteiger partial charge in [0.2, 0.25) is 5.90 Å². The van der Waals surface area contributed by atoms with Gasteiger partial charge in [-0.05, 0) is 24.8 Å². The average Bonchev–Trinajstić information content (AvgIpc) is 2.73. The summed E-state index contributed by atoms with van der Waals surface area (Å²) in [4.78, 5) is 4.67. The molecule has 0 spiro atoms. The summed E-state index contributed by atoms with van der Waals surface area (Å²) in [6.45, 7) is 8.52. The third kappa shape index (κ3) is 1.92. The molecule has 2 atom stereocenters. The van der Waals surface area contributed by atoms with Crippen molar-refractivity contribution in [2.45, 2.75) is 45.7 Å². The Morgan fingerprint density at radius 3 is 2.71 bits per heavy atom. The second-order valence-corrected chi connectivity index (χ2v) is 5.31. The Kier molecular flexibility index (Phi) is 2.52. The fourth-order valence-electron chi connectivity index (χ4n) is 1.92. The molecule has 0 aromatic heterocycles. The lowest BCUT2D eigenvalue weighted by molar-refractivity contribution is 0.231. The van der Waals surface area contributed by atoms with Crippen LogP contribution in [0.3, 0.4) is 0 Å². The second-order valence-electron chi connectivity index (χ2n) is 5.31. The molecule has 0 radical (unpaired) electrons. The summed E-state index contributed by atoms with van der Waals surface area (Å²) in [5, 5.41) is 3.41. The number of nitrogens with zero attached hydrogens (tertiary/aromatic N) is 1. The Labute approximate surface area is 85.9 Å². The SMILES string of the molecule is CC(C)(C)[C@H]1COC([C@H]2CCCN2)=N1. The zero-order valence-corrected chi connectivity index (χ0v) is 9.34. The van der Waals surface area contributed by atoms with Crippen LogP contribution in [0.15, 0.2) is 4.99 Å². The van der Waals surface area contributed by atoms with E-state index in [9.17, 15) is 0 Å². The minimum atomic E-state index is 0.223. The van der Waals surface area contributed by atoms with Gasteiger partial charge in [0, 0.05) is 0 Å². The lowest BCUT2D eigenvalue weighted by Gasteiger charge is -2.21. The van der Waals surface area contributed by atoms with E-state index in [0.29, 0.717) is 12.1 Å². The maximum Gasteiger partial charge on any atom is 0.201 e. The zero-order chi connectivity index (χ0) is 10.2. The molecule has 2 rings (SSSR count). The van der Waals surface area contributed by atoms with Crippen molar-refractivity contribution in [2.75, 3.05) is 13.2 Å². The quantitative estimate of drug-likeness (QED) is 0.691. The Bertz CT molecular complexity index is 236. The van der Waals surface area contributed by atoms with Gasteiger partial charge in [0.15, 0.2) is 0 Å².